The van der Waals surface area contributed by atoms with Gasteiger partial charge in [-0.25, -0.2) is 0 Å². The number of nitrogens with one attached hydrogen (secondary N) is 1. The van der Waals surface area contributed by atoms with E-state index in [0.717, 1.165) is 23.3 Å². The summed E-state index contributed by atoms with van der Waals surface area (Å²) in [6.07, 6.45) is 1.17. The fraction of sp³-hybridized carbons (Fsp3) is 0.333. The molecule has 1 nitrogen and oxygen atoms in total. The normalized spacial score (nSPS) is 10.8. The van der Waals surface area contributed by atoms with Crippen LogP contribution in [0.5, 0.6) is 0 Å². The summed E-state index contributed by atoms with van der Waals surface area (Å²) < 4.78 is 1.15. The first-order chi connectivity index (χ1) is 10.2. The van der Waals surface area contributed by atoms with Crippen LogP contribution in [0.1, 0.15) is 30.0 Å². The van der Waals surface area contributed by atoms with Gasteiger partial charge in [-0.15, -0.1) is 11.8 Å². The highest BCUT2D eigenvalue weighted by Gasteiger charge is 2.05. The molecule has 0 spiro atoms. The molecule has 0 atom stereocenters. The highest BCUT2D eigenvalue weighted by molar-refractivity contribution is 9.10. The van der Waals surface area contributed by atoms with Crippen molar-refractivity contribution < 1.29 is 0 Å². The third kappa shape index (κ3) is 5.50. The Balaban J connectivity index is 2.04. The minimum Gasteiger partial charge on any atom is -0.313 e. The van der Waals surface area contributed by atoms with Crippen LogP contribution in [0.4, 0.5) is 0 Å². The Morgan fingerprint density at radius 1 is 1.14 bits per heavy atom. The molecule has 0 aliphatic heterocycles. The van der Waals surface area contributed by atoms with Crippen LogP contribution < -0.4 is 5.32 Å². The van der Waals surface area contributed by atoms with Gasteiger partial charge in [0, 0.05) is 21.7 Å². The standard InChI is InChI=1S/C18H22BrNS/c1-3-9-20-12-16-11-17(19)7-8-18(16)21-13-15-6-4-5-14(2)10-15/h4-8,10-11,20H,3,9,12-13H2,1-2H3. The van der Waals surface area contributed by atoms with Crippen LogP contribution in [0.25, 0.3) is 0 Å². The first-order valence-corrected chi connectivity index (χ1v) is 9.14. The summed E-state index contributed by atoms with van der Waals surface area (Å²) in [5.74, 6) is 1.02. The van der Waals surface area contributed by atoms with Crippen LogP contribution >= 0.6 is 27.7 Å². The van der Waals surface area contributed by atoms with Crippen LogP contribution in [-0.2, 0) is 12.3 Å². The molecule has 2 aromatic rings. The lowest BCUT2D eigenvalue weighted by molar-refractivity contribution is 0.669. The second kappa shape index (κ2) is 8.62. The second-order valence-corrected chi connectivity index (χ2v) is 7.14. The van der Waals surface area contributed by atoms with Gasteiger partial charge >= 0.3 is 0 Å². The molecule has 0 saturated heterocycles. The van der Waals surface area contributed by atoms with Crippen molar-refractivity contribution in [3.8, 4) is 0 Å². The van der Waals surface area contributed by atoms with Crippen molar-refractivity contribution in [2.75, 3.05) is 6.54 Å². The molecule has 0 amide bonds. The maximum Gasteiger partial charge on any atom is 0.0232 e. The quantitative estimate of drug-likeness (QED) is 0.511. The van der Waals surface area contributed by atoms with E-state index in [4.69, 9.17) is 0 Å². The van der Waals surface area contributed by atoms with Gasteiger partial charge in [0.25, 0.3) is 0 Å². The molecule has 0 fully saturated rings. The average Bonchev–Trinajstić information content (AvgIpc) is 2.47. The Hall–Kier alpha value is -0.770. The molecular weight excluding hydrogens is 342 g/mol. The van der Waals surface area contributed by atoms with Crippen molar-refractivity contribution in [2.24, 2.45) is 0 Å². The van der Waals surface area contributed by atoms with E-state index in [-0.39, 0.29) is 0 Å². The Labute approximate surface area is 140 Å². The van der Waals surface area contributed by atoms with Crippen molar-refractivity contribution in [1.82, 2.24) is 5.32 Å². The van der Waals surface area contributed by atoms with E-state index in [0.29, 0.717) is 0 Å². The average molecular weight is 364 g/mol. The third-order valence-corrected chi connectivity index (χ3v) is 4.92. The van der Waals surface area contributed by atoms with E-state index in [1.807, 2.05) is 11.8 Å². The third-order valence-electron chi connectivity index (χ3n) is 3.24. The topological polar surface area (TPSA) is 12.0 Å². The number of aryl methyl sites for hydroxylation is 1. The molecule has 0 unspecified atom stereocenters. The Kier molecular flexibility index (Phi) is 6.81. The molecule has 1 N–H and O–H groups in total. The number of rotatable bonds is 7. The summed E-state index contributed by atoms with van der Waals surface area (Å²) >= 11 is 5.49. The Morgan fingerprint density at radius 2 is 2.00 bits per heavy atom. The number of halogens is 1. The predicted molar refractivity (Wildman–Crippen MR) is 96.9 cm³/mol. The molecule has 3 heteroatoms. The van der Waals surface area contributed by atoms with Gasteiger partial charge in [0.1, 0.15) is 0 Å². The van der Waals surface area contributed by atoms with E-state index in [9.17, 15) is 0 Å². The first-order valence-electron chi connectivity index (χ1n) is 7.36. The molecular formula is C18H22BrNS. The summed E-state index contributed by atoms with van der Waals surface area (Å²) in [5, 5.41) is 3.49. The van der Waals surface area contributed by atoms with Gasteiger partial charge in [-0.2, -0.15) is 0 Å². The lowest BCUT2D eigenvalue weighted by Gasteiger charge is -2.11. The van der Waals surface area contributed by atoms with Crippen molar-refractivity contribution in [1.29, 1.82) is 0 Å². The molecule has 2 rings (SSSR count). The fourth-order valence-electron chi connectivity index (χ4n) is 2.19. The van der Waals surface area contributed by atoms with Gasteiger partial charge in [-0.1, -0.05) is 52.7 Å². The fourth-order valence-corrected chi connectivity index (χ4v) is 3.58. The number of hydrogen-bond acceptors (Lipinski definition) is 2. The highest BCUT2D eigenvalue weighted by atomic mass is 79.9. The van der Waals surface area contributed by atoms with E-state index in [1.54, 1.807) is 0 Å². The zero-order valence-electron chi connectivity index (χ0n) is 12.7. The van der Waals surface area contributed by atoms with Gasteiger partial charge in [-0.05, 0) is 49.2 Å². The molecule has 0 saturated carbocycles. The van der Waals surface area contributed by atoms with Crippen LogP contribution in [-0.4, -0.2) is 6.54 Å². The van der Waals surface area contributed by atoms with Crippen LogP contribution in [0, 0.1) is 6.92 Å². The minimum absolute atomic E-state index is 0.934. The molecule has 0 aromatic heterocycles. The maximum atomic E-state index is 3.57. The molecule has 0 aliphatic rings. The summed E-state index contributed by atoms with van der Waals surface area (Å²) in [6.45, 7) is 6.34. The van der Waals surface area contributed by atoms with E-state index in [2.05, 4.69) is 77.6 Å². The Morgan fingerprint density at radius 3 is 2.76 bits per heavy atom. The summed E-state index contributed by atoms with van der Waals surface area (Å²) in [5.41, 5.74) is 4.08. The zero-order valence-corrected chi connectivity index (χ0v) is 15.1. The van der Waals surface area contributed by atoms with Crippen molar-refractivity contribution in [2.45, 2.75) is 37.5 Å². The van der Waals surface area contributed by atoms with Crippen molar-refractivity contribution in [3.05, 3.63) is 63.6 Å². The van der Waals surface area contributed by atoms with Gasteiger partial charge in [0.15, 0.2) is 0 Å². The largest absolute Gasteiger partial charge is 0.313 e. The predicted octanol–water partition coefficient (Wildman–Crippen LogP) is 5.55. The number of benzene rings is 2. The summed E-state index contributed by atoms with van der Waals surface area (Å²) in [7, 11) is 0. The molecule has 0 bridgehead atoms. The first kappa shape index (κ1) is 16.6. The van der Waals surface area contributed by atoms with Gasteiger partial charge < -0.3 is 5.32 Å². The van der Waals surface area contributed by atoms with Gasteiger partial charge in [0.2, 0.25) is 0 Å². The van der Waals surface area contributed by atoms with Gasteiger partial charge in [-0.3, -0.25) is 0 Å². The highest BCUT2D eigenvalue weighted by Crippen LogP contribution is 2.29. The number of thioether (sulfide) groups is 1. The molecule has 2 aromatic carbocycles. The zero-order chi connectivity index (χ0) is 15.1. The maximum absolute atomic E-state index is 3.57. The monoisotopic (exact) mass is 363 g/mol. The van der Waals surface area contributed by atoms with E-state index >= 15 is 0 Å². The van der Waals surface area contributed by atoms with Crippen LogP contribution in [0.2, 0.25) is 0 Å². The summed E-state index contributed by atoms with van der Waals surface area (Å²) in [4.78, 5) is 1.36. The molecule has 0 aliphatic carbocycles. The van der Waals surface area contributed by atoms with Crippen LogP contribution in [0.15, 0.2) is 51.8 Å². The molecule has 112 valence electrons. The van der Waals surface area contributed by atoms with Gasteiger partial charge in [0.05, 0.1) is 0 Å². The number of hydrogen-bond donors (Lipinski definition) is 1. The van der Waals surface area contributed by atoms with Crippen LogP contribution in [0.3, 0.4) is 0 Å². The smallest absolute Gasteiger partial charge is 0.0232 e. The van der Waals surface area contributed by atoms with E-state index < -0.39 is 0 Å². The lowest BCUT2D eigenvalue weighted by Crippen LogP contribution is -2.14. The SMILES string of the molecule is CCCNCc1cc(Br)ccc1SCc1cccc(C)c1. The molecule has 0 heterocycles. The van der Waals surface area contributed by atoms with Crippen molar-refractivity contribution in [3.63, 3.8) is 0 Å². The van der Waals surface area contributed by atoms with E-state index in [1.165, 1.54) is 28.0 Å². The van der Waals surface area contributed by atoms with Crippen molar-refractivity contribution >= 4 is 27.7 Å². The second-order valence-electron chi connectivity index (χ2n) is 5.21. The minimum atomic E-state index is 0.934. The lowest BCUT2D eigenvalue weighted by atomic mass is 10.2. The molecule has 21 heavy (non-hydrogen) atoms. The molecule has 0 radical (unpaired) electrons. The Bertz CT molecular complexity index is 583. The summed E-state index contributed by atoms with van der Waals surface area (Å²) in [6, 6.07) is 15.3.